The number of hydrazine groups is 1. The smallest absolute Gasteiger partial charge is 0.227 e. The molecule has 2 saturated heterocycles. The number of nitrogens with one attached hydrogen (secondary N) is 2. The van der Waals surface area contributed by atoms with Gasteiger partial charge >= 0.3 is 0 Å². The summed E-state index contributed by atoms with van der Waals surface area (Å²) >= 11 is 3.90. The summed E-state index contributed by atoms with van der Waals surface area (Å²) in [6.07, 6.45) is 16.2. The van der Waals surface area contributed by atoms with Gasteiger partial charge in [-0.25, -0.2) is 5.01 Å². The Morgan fingerprint density at radius 1 is 1.07 bits per heavy atom. The van der Waals surface area contributed by atoms with Crippen LogP contribution in [-0.2, 0) is 9.59 Å². The lowest BCUT2D eigenvalue weighted by atomic mass is 9.74. The van der Waals surface area contributed by atoms with E-state index >= 15 is 0 Å². The molecule has 4 fully saturated rings. The second-order valence-corrected chi connectivity index (χ2v) is 15.8. The van der Waals surface area contributed by atoms with Gasteiger partial charge in [-0.05, 0) is 107 Å². The number of alkyl halides is 1. The average Bonchev–Trinajstić information content (AvgIpc) is 3.32. The minimum Gasteiger partial charge on any atom is -0.339 e. The van der Waals surface area contributed by atoms with Gasteiger partial charge < -0.3 is 10.2 Å². The van der Waals surface area contributed by atoms with E-state index in [1.54, 1.807) is 6.92 Å². The predicted molar refractivity (Wildman–Crippen MR) is 182 cm³/mol. The third kappa shape index (κ3) is 7.97. The first kappa shape index (κ1) is 35.1. The topological polar surface area (TPSA) is 64.7 Å². The predicted octanol–water partition coefficient (Wildman–Crippen LogP) is 7.27. The fourth-order valence-electron chi connectivity index (χ4n) is 9.12. The molecule has 246 valence electrons. The van der Waals surface area contributed by atoms with Crippen molar-refractivity contribution in [3.05, 3.63) is 11.6 Å². The Kier molecular flexibility index (Phi) is 13.2. The molecule has 0 spiro atoms. The van der Waals surface area contributed by atoms with Crippen LogP contribution in [0.1, 0.15) is 126 Å². The molecule has 2 heterocycles. The van der Waals surface area contributed by atoms with Gasteiger partial charge in [0.05, 0.1) is 5.92 Å². The molecule has 0 radical (unpaired) electrons. The first-order valence-corrected chi connectivity index (χ1v) is 19.0. The van der Waals surface area contributed by atoms with E-state index < -0.39 is 0 Å². The molecule has 2 saturated carbocycles. The van der Waals surface area contributed by atoms with Crippen molar-refractivity contribution in [2.24, 2.45) is 29.6 Å². The van der Waals surface area contributed by atoms with E-state index in [-0.39, 0.29) is 17.7 Å². The SMILES string of the molecule is CC(=O)C1=CCC1.CCCC1NN(C2CCC(C(C)C)CC2)C2CCN(C(=O)C3CCC(Br)C(C)C3NCC)C(CC)C12. The maximum absolute atomic E-state index is 14.2. The maximum atomic E-state index is 14.2. The van der Waals surface area contributed by atoms with Crippen LogP contribution in [0.15, 0.2) is 11.6 Å². The number of piperidine rings is 1. The lowest BCUT2D eigenvalue weighted by Crippen LogP contribution is -2.61. The Bertz CT molecular complexity index is 948. The molecule has 0 aromatic heterocycles. The molecule has 0 bridgehead atoms. The van der Waals surface area contributed by atoms with Gasteiger partial charge in [0.15, 0.2) is 5.78 Å². The molecule has 6 nitrogen and oxygen atoms in total. The molecule has 7 heteroatoms. The molecule has 0 aromatic carbocycles. The number of carbonyl (C=O) groups is 2. The van der Waals surface area contributed by atoms with Crippen molar-refractivity contribution in [3.8, 4) is 0 Å². The summed E-state index contributed by atoms with van der Waals surface area (Å²) in [5.41, 5.74) is 5.08. The third-order valence-corrected chi connectivity index (χ3v) is 13.1. The number of likely N-dealkylation sites (tertiary alicyclic amines) is 1. The zero-order valence-electron chi connectivity index (χ0n) is 28.4. The van der Waals surface area contributed by atoms with Crippen LogP contribution in [0.5, 0.6) is 0 Å². The van der Waals surface area contributed by atoms with Crippen LogP contribution in [0, 0.1) is 29.6 Å². The van der Waals surface area contributed by atoms with Gasteiger partial charge in [-0.2, -0.15) is 0 Å². The number of fused-ring (bicyclic) bond motifs is 1. The first-order chi connectivity index (χ1) is 20.6. The highest BCUT2D eigenvalue weighted by atomic mass is 79.9. The van der Waals surface area contributed by atoms with E-state index in [4.69, 9.17) is 0 Å². The van der Waals surface area contributed by atoms with Gasteiger partial charge in [0.2, 0.25) is 5.91 Å². The van der Waals surface area contributed by atoms with Crippen LogP contribution in [0.3, 0.4) is 0 Å². The van der Waals surface area contributed by atoms with Gasteiger partial charge in [0.25, 0.3) is 0 Å². The van der Waals surface area contributed by atoms with Crippen molar-refractivity contribution < 1.29 is 9.59 Å². The molecule has 2 N–H and O–H groups in total. The molecule has 8 unspecified atom stereocenters. The van der Waals surface area contributed by atoms with Crippen LogP contribution in [0.25, 0.3) is 0 Å². The lowest BCUT2D eigenvalue weighted by molar-refractivity contribution is -0.145. The number of allylic oxidation sites excluding steroid dienone is 2. The molecule has 1 amide bonds. The largest absolute Gasteiger partial charge is 0.339 e. The number of hydrogen-bond acceptors (Lipinski definition) is 5. The summed E-state index contributed by atoms with van der Waals surface area (Å²) < 4.78 is 0. The Balaban J connectivity index is 0.000000530. The summed E-state index contributed by atoms with van der Waals surface area (Å²) in [4.78, 5) is 27.5. The Hall–Kier alpha value is -0.760. The van der Waals surface area contributed by atoms with E-state index in [1.165, 1.54) is 38.5 Å². The zero-order chi connectivity index (χ0) is 31.3. The number of hydrogen-bond donors (Lipinski definition) is 2. The highest BCUT2D eigenvalue weighted by Crippen LogP contribution is 2.43. The summed E-state index contributed by atoms with van der Waals surface area (Å²) in [5.74, 6) is 3.53. The van der Waals surface area contributed by atoms with Gasteiger partial charge in [0, 0.05) is 47.5 Å². The van der Waals surface area contributed by atoms with Crippen molar-refractivity contribution in [2.45, 2.75) is 161 Å². The maximum Gasteiger partial charge on any atom is 0.227 e. The van der Waals surface area contributed by atoms with Crippen LogP contribution in [-0.4, -0.2) is 69.7 Å². The van der Waals surface area contributed by atoms with Crippen molar-refractivity contribution in [1.29, 1.82) is 0 Å². The third-order valence-electron chi connectivity index (χ3n) is 11.8. The molecule has 8 atom stereocenters. The van der Waals surface area contributed by atoms with Gasteiger partial charge in [-0.1, -0.05) is 70.0 Å². The Morgan fingerprint density at radius 3 is 2.28 bits per heavy atom. The normalized spacial score (nSPS) is 38.1. The molecule has 0 aromatic rings. The fourth-order valence-corrected chi connectivity index (χ4v) is 9.71. The van der Waals surface area contributed by atoms with Gasteiger partial charge in [-0.15, -0.1) is 0 Å². The number of rotatable bonds is 9. The average molecular weight is 664 g/mol. The molecule has 43 heavy (non-hydrogen) atoms. The van der Waals surface area contributed by atoms with E-state index in [1.807, 2.05) is 6.08 Å². The second kappa shape index (κ2) is 16.2. The van der Waals surface area contributed by atoms with Crippen LogP contribution < -0.4 is 10.7 Å². The van der Waals surface area contributed by atoms with Crippen LogP contribution in [0.4, 0.5) is 0 Å². The minimum absolute atomic E-state index is 0.112. The number of ketones is 1. The molecule has 3 aliphatic carbocycles. The summed E-state index contributed by atoms with van der Waals surface area (Å²) in [6.45, 7) is 17.4. The Morgan fingerprint density at radius 2 is 1.77 bits per heavy atom. The number of nitrogens with zero attached hydrogens (tertiary/aromatic N) is 2. The highest BCUT2D eigenvalue weighted by Gasteiger charge is 2.53. The number of carbonyl (C=O) groups excluding carboxylic acids is 2. The van der Waals surface area contributed by atoms with Crippen molar-refractivity contribution >= 4 is 27.6 Å². The molecular weight excluding hydrogens is 600 g/mol. The zero-order valence-corrected chi connectivity index (χ0v) is 30.0. The van der Waals surface area contributed by atoms with Crippen molar-refractivity contribution in [3.63, 3.8) is 0 Å². The molecule has 5 rings (SSSR count). The van der Waals surface area contributed by atoms with E-state index in [2.05, 4.69) is 78.1 Å². The summed E-state index contributed by atoms with van der Waals surface area (Å²) in [6, 6.07) is 2.39. The van der Waals surface area contributed by atoms with E-state index in [9.17, 15) is 9.59 Å². The molecular formula is C36H63BrN4O2. The second-order valence-electron chi connectivity index (χ2n) is 14.7. The number of Topliss-reactive ketones (excluding diaryl/α,β-unsaturated/α-hetero) is 1. The fraction of sp³-hybridized carbons (Fsp3) is 0.889. The highest BCUT2D eigenvalue weighted by molar-refractivity contribution is 9.09. The van der Waals surface area contributed by atoms with Crippen molar-refractivity contribution in [2.75, 3.05) is 13.1 Å². The van der Waals surface area contributed by atoms with Crippen LogP contribution in [0.2, 0.25) is 0 Å². The van der Waals surface area contributed by atoms with E-state index in [0.29, 0.717) is 46.7 Å². The monoisotopic (exact) mass is 662 g/mol. The Labute approximate surface area is 272 Å². The lowest BCUT2D eigenvalue weighted by Gasteiger charge is -2.49. The molecule has 2 aliphatic heterocycles. The number of amides is 1. The minimum atomic E-state index is 0.112. The van der Waals surface area contributed by atoms with Gasteiger partial charge in [-0.3, -0.25) is 15.0 Å². The first-order valence-electron chi connectivity index (χ1n) is 18.0. The quantitative estimate of drug-likeness (QED) is 0.254. The van der Waals surface area contributed by atoms with Crippen molar-refractivity contribution in [1.82, 2.24) is 20.7 Å². The number of halogens is 1. The summed E-state index contributed by atoms with van der Waals surface area (Å²) in [7, 11) is 0. The summed E-state index contributed by atoms with van der Waals surface area (Å²) in [5, 5.41) is 6.43. The standard InChI is InChI=1S/C30H55BrN4O.C6H8O/c1-7-10-25-28-26(8-2)34(30(36)23-15-16-24(31)20(6)29(23)32-9-3)18-17-27(28)35(33-25)22-13-11-21(12-14-22)19(4)5;1-5(7)6-3-2-4-6/h19-29,32-33H,7-18H2,1-6H3;3H,2,4H2,1H3. The van der Waals surface area contributed by atoms with E-state index in [0.717, 1.165) is 69.0 Å². The van der Waals surface area contributed by atoms with Gasteiger partial charge in [0.1, 0.15) is 0 Å². The molecule has 5 aliphatic rings. The van der Waals surface area contributed by atoms with Crippen LogP contribution >= 0.6 is 15.9 Å².